The molecule has 0 amide bonds. The molecule has 0 aliphatic rings. The summed E-state index contributed by atoms with van der Waals surface area (Å²) in [7, 11) is 0. The van der Waals surface area contributed by atoms with Gasteiger partial charge in [-0.3, -0.25) is 0 Å². The van der Waals surface area contributed by atoms with Gasteiger partial charge in [-0.1, -0.05) is 6.07 Å². The van der Waals surface area contributed by atoms with E-state index in [0.717, 1.165) is 16.3 Å². The van der Waals surface area contributed by atoms with Crippen molar-refractivity contribution < 1.29 is 4.74 Å². The summed E-state index contributed by atoms with van der Waals surface area (Å²) < 4.78 is 5.69. The van der Waals surface area contributed by atoms with Crippen molar-refractivity contribution in [3.8, 4) is 11.6 Å². The third-order valence-electron chi connectivity index (χ3n) is 2.25. The van der Waals surface area contributed by atoms with Crippen molar-refractivity contribution in [2.45, 2.75) is 11.9 Å². The van der Waals surface area contributed by atoms with Crippen LogP contribution in [0.2, 0.25) is 0 Å². The Morgan fingerprint density at radius 2 is 2.06 bits per heavy atom. The van der Waals surface area contributed by atoms with Crippen LogP contribution in [0.3, 0.4) is 0 Å². The lowest BCUT2D eigenvalue weighted by Gasteiger charge is -2.08. The summed E-state index contributed by atoms with van der Waals surface area (Å²) in [6.07, 6.45) is 3.45. The van der Waals surface area contributed by atoms with E-state index in [9.17, 15) is 0 Å². The summed E-state index contributed by atoms with van der Waals surface area (Å²) in [4.78, 5) is 8.15. The minimum absolute atomic E-state index is 0.526. The molecular weight excluding hydrogens is 234 g/mol. The highest BCUT2D eigenvalue weighted by Crippen LogP contribution is 2.26. The van der Waals surface area contributed by atoms with Crippen LogP contribution >= 0.6 is 11.8 Å². The normalized spacial score (nSPS) is 10.2. The molecule has 0 fully saturated rings. The quantitative estimate of drug-likeness (QED) is 0.513. The van der Waals surface area contributed by atoms with Crippen LogP contribution < -0.4 is 10.5 Å². The first-order chi connectivity index (χ1) is 8.19. The number of hydrogen-bond donors (Lipinski definition) is 1. The van der Waals surface area contributed by atoms with Gasteiger partial charge < -0.3 is 10.5 Å². The molecule has 1 aromatic heterocycles. The van der Waals surface area contributed by atoms with Crippen LogP contribution in [0.1, 0.15) is 5.56 Å². The molecule has 0 aliphatic carbocycles. The smallest absolute Gasteiger partial charge is 0.223 e. The Morgan fingerprint density at radius 3 is 2.82 bits per heavy atom. The average Bonchev–Trinajstić information content (AvgIpc) is 2.34. The van der Waals surface area contributed by atoms with E-state index in [1.165, 1.54) is 6.33 Å². The monoisotopic (exact) mass is 247 g/mol. The van der Waals surface area contributed by atoms with E-state index in [0.29, 0.717) is 11.6 Å². The molecule has 4 nitrogen and oxygen atoms in total. The van der Waals surface area contributed by atoms with E-state index in [1.54, 1.807) is 23.9 Å². The van der Waals surface area contributed by atoms with Gasteiger partial charge >= 0.3 is 0 Å². The molecule has 0 aliphatic heterocycles. The van der Waals surface area contributed by atoms with Crippen LogP contribution in [0.4, 0.5) is 5.69 Å². The predicted octanol–water partition coefficient (Wildman–Crippen LogP) is 2.88. The number of thioether (sulfide) groups is 1. The minimum atomic E-state index is 0.526. The third kappa shape index (κ3) is 2.88. The Kier molecular flexibility index (Phi) is 3.49. The minimum Gasteiger partial charge on any atom is -0.439 e. The number of rotatable bonds is 3. The van der Waals surface area contributed by atoms with Gasteiger partial charge in [-0.15, -0.1) is 11.8 Å². The summed E-state index contributed by atoms with van der Waals surface area (Å²) in [5, 5.41) is 0.872. The Labute approximate surface area is 104 Å². The Balaban J connectivity index is 2.27. The maximum atomic E-state index is 5.72. The number of nitrogen functional groups attached to an aromatic ring is 1. The number of nitrogens with zero attached hydrogens (tertiary/aromatic N) is 2. The zero-order valence-electron chi connectivity index (χ0n) is 9.68. The highest BCUT2D eigenvalue weighted by Gasteiger charge is 2.04. The third-order valence-corrected chi connectivity index (χ3v) is 2.89. The van der Waals surface area contributed by atoms with Crippen molar-refractivity contribution in [2.24, 2.45) is 0 Å². The van der Waals surface area contributed by atoms with Crippen LogP contribution in [0.15, 0.2) is 35.6 Å². The summed E-state index contributed by atoms with van der Waals surface area (Å²) >= 11 is 1.55. The van der Waals surface area contributed by atoms with Crippen molar-refractivity contribution in [2.75, 3.05) is 12.0 Å². The zero-order valence-corrected chi connectivity index (χ0v) is 10.5. The zero-order chi connectivity index (χ0) is 12.3. The fourth-order valence-electron chi connectivity index (χ4n) is 1.33. The molecule has 2 aromatic rings. The van der Waals surface area contributed by atoms with E-state index >= 15 is 0 Å². The Morgan fingerprint density at radius 1 is 1.24 bits per heavy atom. The van der Waals surface area contributed by atoms with Crippen LogP contribution in [-0.4, -0.2) is 16.2 Å². The average molecular weight is 247 g/mol. The SMILES string of the molecule is CSc1cc(Oc2cc(N)ccc2C)ncn1. The fraction of sp³-hybridized carbons (Fsp3) is 0.167. The second kappa shape index (κ2) is 5.05. The maximum Gasteiger partial charge on any atom is 0.223 e. The molecule has 1 heterocycles. The molecule has 0 unspecified atom stereocenters. The lowest BCUT2D eigenvalue weighted by Crippen LogP contribution is -1.93. The van der Waals surface area contributed by atoms with Gasteiger partial charge in [-0.25, -0.2) is 9.97 Å². The van der Waals surface area contributed by atoms with Gasteiger partial charge in [-0.2, -0.15) is 0 Å². The van der Waals surface area contributed by atoms with Gasteiger partial charge in [-0.05, 0) is 24.8 Å². The van der Waals surface area contributed by atoms with Crippen molar-refractivity contribution in [1.82, 2.24) is 9.97 Å². The molecule has 88 valence electrons. The van der Waals surface area contributed by atoms with E-state index in [1.807, 2.05) is 25.3 Å². The number of anilines is 1. The van der Waals surface area contributed by atoms with Crippen LogP contribution in [0.5, 0.6) is 11.6 Å². The van der Waals surface area contributed by atoms with E-state index < -0.39 is 0 Å². The fourth-order valence-corrected chi connectivity index (χ4v) is 1.70. The van der Waals surface area contributed by atoms with Gasteiger partial charge in [0.25, 0.3) is 0 Å². The Bertz CT molecular complexity index is 531. The molecule has 0 saturated carbocycles. The molecule has 5 heteroatoms. The largest absolute Gasteiger partial charge is 0.439 e. The lowest BCUT2D eigenvalue weighted by atomic mass is 10.2. The number of aromatic nitrogens is 2. The molecule has 1 aromatic carbocycles. The van der Waals surface area contributed by atoms with Gasteiger partial charge in [0.1, 0.15) is 17.1 Å². The number of nitrogens with two attached hydrogens (primary N) is 1. The topological polar surface area (TPSA) is 61.0 Å². The molecule has 0 saturated heterocycles. The van der Waals surface area contributed by atoms with Gasteiger partial charge in [0.15, 0.2) is 0 Å². The molecular formula is C12H13N3OS. The first kappa shape index (κ1) is 11.7. The molecule has 0 bridgehead atoms. The van der Waals surface area contributed by atoms with E-state index in [4.69, 9.17) is 10.5 Å². The predicted molar refractivity (Wildman–Crippen MR) is 69.5 cm³/mol. The first-order valence-corrected chi connectivity index (χ1v) is 6.31. The molecule has 2 N–H and O–H groups in total. The standard InChI is InChI=1S/C12H13N3OS/c1-8-3-4-9(13)5-10(8)16-11-6-12(17-2)15-7-14-11/h3-7H,13H2,1-2H3. The number of benzene rings is 1. The van der Waals surface area contributed by atoms with Crippen molar-refractivity contribution in [3.05, 3.63) is 36.2 Å². The summed E-state index contributed by atoms with van der Waals surface area (Å²) in [5.74, 6) is 1.24. The highest BCUT2D eigenvalue weighted by atomic mass is 32.2. The van der Waals surface area contributed by atoms with E-state index in [2.05, 4.69) is 9.97 Å². The number of hydrogen-bond acceptors (Lipinski definition) is 5. The Hall–Kier alpha value is -1.75. The molecule has 0 spiro atoms. The van der Waals surface area contributed by atoms with Gasteiger partial charge in [0, 0.05) is 17.8 Å². The van der Waals surface area contributed by atoms with Crippen molar-refractivity contribution in [1.29, 1.82) is 0 Å². The van der Waals surface area contributed by atoms with Gasteiger partial charge in [0.2, 0.25) is 5.88 Å². The van der Waals surface area contributed by atoms with Gasteiger partial charge in [0.05, 0.1) is 0 Å². The number of ether oxygens (including phenoxy) is 1. The molecule has 0 atom stereocenters. The first-order valence-electron chi connectivity index (χ1n) is 5.09. The van der Waals surface area contributed by atoms with Crippen molar-refractivity contribution in [3.63, 3.8) is 0 Å². The van der Waals surface area contributed by atoms with Crippen LogP contribution in [0.25, 0.3) is 0 Å². The maximum absolute atomic E-state index is 5.72. The second-order valence-corrected chi connectivity index (χ2v) is 4.35. The second-order valence-electron chi connectivity index (χ2n) is 3.53. The summed E-state index contributed by atoms with van der Waals surface area (Å²) in [6, 6.07) is 7.35. The lowest BCUT2D eigenvalue weighted by molar-refractivity contribution is 0.456. The van der Waals surface area contributed by atoms with Crippen molar-refractivity contribution >= 4 is 17.4 Å². The summed E-state index contributed by atoms with van der Waals surface area (Å²) in [5.41, 5.74) is 7.41. The van der Waals surface area contributed by atoms with Crippen LogP contribution in [0, 0.1) is 6.92 Å². The molecule has 17 heavy (non-hydrogen) atoms. The molecule has 0 radical (unpaired) electrons. The molecule has 2 rings (SSSR count). The number of aryl methyl sites for hydroxylation is 1. The highest BCUT2D eigenvalue weighted by molar-refractivity contribution is 7.98. The summed E-state index contributed by atoms with van der Waals surface area (Å²) in [6.45, 7) is 1.96. The van der Waals surface area contributed by atoms with E-state index in [-0.39, 0.29) is 0 Å². The van der Waals surface area contributed by atoms with Crippen LogP contribution in [-0.2, 0) is 0 Å².